The average Bonchev–Trinajstić information content (AvgIpc) is 3.23. The van der Waals surface area contributed by atoms with Crippen LogP contribution in [0.25, 0.3) is 0 Å². The molecule has 3 rings (SSSR count). The minimum absolute atomic E-state index is 0.302. The molecule has 152 valence electrons. The lowest BCUT2D eigenvalue weighted by Crippen LogP contribution is -2.30. The molecule has 1 saturated heterocycles. The molecule has 0 aliphatic carbocycles. The van der Waals surface area contributed by atoms with Gasteiger partial charge < -0.3 is 14.2 Å². The Morgan fingerprint density at radius 3 is 2.18 bits per heavy atom. The van der Waals surface area contributed by atoms with Crippen LogP contribution < -0.4 is 14.2 Å². The first-order valence-electron chi connectivity index (χ1n) is 8.98. The van der Waals surface area contributed by atoms with Gasteiger partial charge in [0.15, 0.2) is 11.5 Å². The summed E-state index contributed by atoms with van der Waals surface area (Å²) in [6, 6.07) is 10.6. The van der Waals surface area contributed by atoms with E-state index >= 15 is 0 Å². The summed E-state index contributed by atoms with van der Waals surface area (Å²) in [5.74, 6) is 2.35. The van der Waals surface area contributed by atoms with Crippen LogP contribution in [0, 0.1) is 0 Å². The monoisotopic (exact) mass is 423 g/mol. The van der Waals surface area contributed by atoms with Gasteiger partial charge in [-0.1, -0.05) is 19.1 Å². The van der Waals surface area contributed by atoms with E-state index in [-0.39, 0.29) is 0 Å². The SMILES string of the molecule is CCc1ccc(S(=O)(=O)N2CCSC2c2cc(OC)c(OC)cc2OC)cc1. The molecule has 8 heteroatoms. The van der Waals surface area contributed by atoms with E-state index in [2.05, 4.69) is 0 Å². The van der Waals surface area contributed by atoms with Gasteiger partial charge in [0.1, 0.15) is 5.75 Å². The van der Waals surface area contributed by atoms with Crippen molar-refractivity contribution in [1.82, 2.24) is 4.31 Å². The molecule has 1 aliphatic heterocycles. The number of rotatable bonds is 7. The smallest absolute Gasteiger partial charge is 0.244 e. The van der Waals surface area contributed by atoms with Crippen molar-refractivity contribution in [3.05, 3.63) is 47.5 Å². The Kier molecular flexibility index (Phi) is 6.42. The van der Waals surface area contributed by atoms with Crippen LogP contribution >= 0.6 is 11.8 Å². The molecule has 1 aliphatic rings. The van der Waals surface area contributed by atoms with Crippen LogP contribution in [-0.4, -0.2) is 46.4 Å². The van der Waals surface area contributed by atoms with Crippen LogP contribution in [0.4, 0.5) is 0 Å². The molecule has 2 aromatic rings. The van der Waals surface area contributed by atoms with E-state index in [1.165, 1.54) is 4.31 Å². The van der Waals surface area contributed by atoms with Gasteiger partial charge in [0, 0.05) is 23.9 Å². The largest absolute Gasteiger partial charge is 0.496 e. The van der Waals surface area contributed by atoms with Gasteiger partial charge in [-0.3, -0.25) is 0 Å². The van der Waals surface area contributed by atoms with E-state index in [4.69, 9.17) is 14.2 Å². The maximum Gasteiger partial charge on any atom is 0.244 e. The summed E-state index contributed by atoms with van der Waals surface area (Å²) in [5.41, 5.74) is 1.85. The number of sulfonamides is 1. The number of thioether (sulfide) groups is 1. The van der Waals surface area contributed by atoms with Crippen molar-refractivity contribution in [2.75, 3.05) is 33.6 Å². The highest BCUT2D eigenvalue weighted by Gasteiger charge is 2.38. The Labute approximate surface area is 170 Å². The molecule has 0 N–H and O–H groups in total. The summed E-state index contributed by atoms with van der Waals surface area (Å²) < 4.78 is 44.4. The van der Waals surface area contributed by atoms with Crippen molar-refractivity contribution in [3.63, 3.8) is 0 Å². The quantitative estimate of drug-likeness (QED) is 0.676. The molecule has 1 unspecified atom stereocenters. The third-order valence-corrected chi connectivity index (χ3v) is 8.04. The number of aryl methyl sites for hydroxylation is 1. The second kappa shape index (κ2) is 8.63. The minimum Gasteiger partial charge on any atom is -0.496 e. The molecule has 0 aromatic heterocycles. The standard InChI is InChI=1S/C20H25NO5S2/c1-5-14-6-8-15(9-7-14)28(22,23)21-10-11-27-20(21)16-12-18(25-3)19(26-4)13-17(16)24-2/h6-9,12-13,20H,5,10-11H2,1-4H3. The van der Waals surface area contributed by atoms with Crippen molar-refractivity contribution in [2.45, 2.75) is 23.6 Å². The second-order valence-electron chi connectivity index (χ2n) is 6.29. The van der Waals surface area contributed by atoms with Crippen LogP contribution in [0.15, 0.2) is 41.3 Å². The fourth-order valence-corrected chi connectivity index (χ4v) is 6.47. The van der Waals surface area contributed by atoms with E-state index in [0.29, 0.717) is 34.4 Å². The lowest BCUT2D eigenvalue weighted by molar-refractivity contribution is 0.344. The van der Waals surface area contributed by atoms with Crippen molar-refractivity contribution >= 4 is 21.8 Å². The van der Waals surface area contributed by atoms with Crippen molar-refractivity contribution in [1.29, 1.82) is 0 Å². The Balaban J connectivity index is 2.02. The highest BCUT2D eigenvalue weighted by Crippen LogP contribution is 2.47. The predicted molar refractivity (Wildman–Crippen MR) is 111 cm³/mol. The topological polar surface area (TPSA) is 65.1 Å². The average molecular weight is 424 g/mol. The lowest BCUT2D eigenvalue weighted by atomic mass is 10.1. The van der Waals surface area contributed by atoms with Crippen molar-refractivity contribution < 1.29 is 22.6 Å². The van der Waals surface area contributed by atoms with Gasteiger partial charge in [-0.15, -0.1) is 11.8 Å². The van der Waals surface area contributed by atoms with Crippen LogP contribution in [0.2, 0.25) is 0 Å². The first-order chi connectivity index (χ1) is 13.5. The molecular formula is C20H25NO5S2. The Bertz CT molecular complexity index is 928. The third kappa shape index (κ3) is 3.81. The van der Waals surface area contributed by atoms with E-state index in [9.17, 15) is 8.42 Å². The summed E-state index contributed by atoms with van der Waals surface area (Å²) in [7, 11) is 1.03. The van der Waals surface area contributed by atoms with Crippen molar-refractivity contribution in [3.8, 4) is 17.2 Å². The normalized spacial score (nSPS) is 17.5. The maximum absolute atomic E-state index is 13.3. The van der Waals surface area contributed by atoms with Gasteiger partial charge in [-0.25, -0.2) is 8.42 Å². The summed E-state index contributed by atoms with van der Waals surface area (Å²) in [6.45, 7) is 2.48. The van der Waals surface area contributed by atoms with Crippen LogP contribution in [-0.2, 0) is 16.4 Å². The summed E-state index contributed by atoms with van der Waals surface area (Å²) >= 11 is 1.57. The summed E-state index contributed by atoms with van der Waals surface area (Å²) in [4.78, 5) is 0.302. The van der Waals surface area contributed by atoms with Gasteiger partial charge in [-0.05, 0) is 30.2 Å². The van der Waals surface area contributed by atoms with Gasteiger partial charge in [0.2, 0.25) is 10.0 Å². The zero-order valence-electron chi connectivity index (χ0n) is 16.5. The number of ether oxygens (including phenoxy) is 3. The highest BCUT2D eigenvalue weighted by atomic mass is 32.2. The molecule has 2 aromatic carbocycles. The second-order valence-corrected chi connectivity index (χ2v) is 9.36. The lowest BCUT2D eigenvalue weighted by Gasteiger charge is -2.25. The molecule has 0 amide bonds. The zero-order valence-corrected chi connectivity index (χ0v) is 18.1. The highest BCUT2D eigenvalue weighted by molar-refractivity contribution is 8.01. The molecule has 1 atom stereocenters. The number of hydrogen-bond acceptors (Lipinski definition) is 6. The number of hydrogen-bond donors (Lipinski definition) is 0. The Hall–Kier alpha value is -1.90. The van der Waals surface area contributed by atoms with Crippen LogP contribution in [0.5, 0.6) is 17.2 Å². The van der Waals surface area contributed by atoms with Crippen molar-refractivity contribution in [2.24, 2.45) is 0 Å². The summed E-state index contributed by atoms with van der Waals surface area (Å²) in [6.07, 6.45) is 0.866. The molecule has 28 heavy (non-hydrogen) atoms. The van der Waals surface area contributed by atoms with Gasteiger partial charge >= 0.3 is 0 Å². The molecule has 0 spiro atoms. The van der Waals surface area contributed by atoms with Gasteiger partial charge in [-0.2, -0.15) is 4.31 Å². The van der Waals surface area contributed by atoms with E-state index in [1.54, 1.807) is 57.4 Å². The molecule has 6 nitrogen and oxygen atoms in total. The zero-order chi connectivity index (χ0) is 20.3. The first kappa shape index (κ1) is 20.8. The van der Waals surface area contributed by atoms with E-state index in [0.717, 1.165) is 17.5 Å². The Morgan fingerprint density at radius 1 is 1.00 bits per heavy atom. The minimum atomic E-state index is -3.64. The van der Waals surface area contributed by atoms with E-state index in [1.807, 2.05) is 19.1 Å². The fraction of sp³-hybridized carbons (Fsp3) is 0.400. The first-order valence-corrected chi connectivity index (χ1v) is 11.5. The molecule has 1 fully saturated rings. The number of methoxy groups -OCH3 is 3. The molecule has 0 saturated carbocycles. The predicted octanol–water partition coefficient (Wildman–Crippen LogP) is 3.71. The van der Waals surface area contributed by atoms with E-state index < -0.39 is 15.4 Å². The van der Waals surface area contributed by atoms with Gasteiger partial charge in [0.05, 0.1) is 31.6 Å². The fourth-order valence-electron chi connectivity index (χ4n) is 3.22. The van der Waals surface area contributed by atoms with Crippen LogP contribution in [0.1, 0.15) is 23.4 Å². The Morgan fingerprint density at radius 2 is 1.61 bits per heavy atom. The molecule has 1 heterocycles. The number of nitrogens with zero attached hydrogens (tertiary/aromatic N) is 1. The third-order valence-electron chi connectivity index (χ3n) is 4.79. The van der Waals surface area contributed by atoms with Crippen LogP contribution in [0.3, 0.4) is 0 Å². The summed E-state index contributed by atoms with van der Waals surface area (Å²) in [5, 5.41) is -0.398. The number of benzene rings is 2. The molecule has 0 bridgehead atoms. The molecular weight excluding hydrogens is 398 g/mol. The maximum atomic E-state index is 13.3. The molecule has 0 radical (unpaired) electrons. The van der Waals surface area contributed by atoms with Gasteiger partial charge in [0.25, 0.3) is 0 Å².